The fourth-order valence-corrected chi connectivity index (χ4v) is 2.30. The Morgan fingerprint density at radius 2 is 1.85 bits per heavy atom. The predicted molar refractivity (Wildman–Crippen MR) is 84.9 cm³/mol. The third-order valence-corrected chi connectivity index (χ3v) is 3.46. The van der Waals surface area contributed by atoms with E-state index >= 15 is 0 Å². The van der Waals surface area contributed by atoms with Gasteiger partial charge in [-0.15, -0.1) is 0 Å². The van der Waals surface area contributed by atoms with E-state index in [1.807, 2.05) is 30.0 Å². The lowest BCUT2D eigenvalue weighted by Crippen LogP contribution is -2.37. The Hall–Kier alpha value is -1.55. The number of nitrogens with two attached hydrogens (primary N) is 1. The first-order valence-corrected chi connectivity index (χ1v) is 7.36. The quantitative estimate of drug-likeness (QED) is 0.593. The zero-order chi connectivity index (χ0) is 15.0. The van der Waals surface area contributed by atoms with Crippen molar-refractivity contribution < 1.29 is 5.11 Å². The first kappa shape index (κ1) is 16.5. The van der Waals surface area contributed by atoms with E-state index in [2.05, 4.69) is 31.0 Å². The van der Waals surface area contributed by atoms with Gasteiger partial charge in [0.25, 0.3) is 0 Å². The molecule has 1 rings (SSSR count). The highest BCUT2D eigenvalue weighted by molar-refractivity contribution is 5.78. The van der Waals surface area contributed by atoms with Crippen LogP contribution in [0.5, 0.6) is 0 Å². The Bertz CT molecular complexity index is 399. The molecule has 0 aliphatic carbocycles. The minimum atomic E-state index is -0.343. The van der Waals surface area contributed by atoms with Crippen molar-refractivity contribution >= 4 is 5.96 Å². The molecule has 4 nitrogen and oxygen atoms in total. The maximum absolute atomic E-state index is 9.66. The van der Waals surface area contributed by atoms with E-state index in [0.29, 0.717) is 18.9 Å². The molecule has 0 fully saturated rings. The molecule has 3 N–H and O–H groups in total. The van der Waals surface area contributed by atoms with Crippen molar-refractivity contribution in [1.29, 1.82) is 0 Å². The molecule has 1 aromatic carbocycles. The Morgan fingerprint density at radius 1 is 1.25 bits per heavy atom. The first-order chi connectivity index (χ1) is 9.58. The topological polar surface area (TPSA) is 61.8 Å². The van der Waals surface area contributed by atoms with Crippen molar-refractivity contribution in [3.63, 3.8) is 0 Å². The van der Waals surface area contributed by atoms with Crippen LogP contribution in [0.15, 0.2) is 35.3 Å². The smallest absolute Gasteiger partial charge is 0.191 e. The lowest BCUT2D eigenvalue weighted by atomic mass is 9.93. The molecule has 0 heterocycles. The number of aliphatic imine (C=N–C) groups is 1. The highest BCUT2D eigenvalue weighted by atomic mass is 16.3. The molecule has 0 aliphatic rings. The summed E-state index contributed by atoms with van der Waals surface area (Å²) >= 11 is 0. The van der Waals surface area contributed by atoms with Crippen LogP contribution in [0, 0.1) is 0 Å². The summed E-state index contributed by atoms with van der Waals surface area (Å²) in [5.41, 5.74) is 7.21. The van der Waals surface area contributed by atoms with Crippen molar-refractivity contribution in [3.8, 4) is 0 Å². The first-order valence-electron chi connectivity index (χ1n) is 7.36. The minimum absolute atomic E-state index is 0.199. The molecule has 0 aliphatic heterocycles. The molecule has 0 aromatic heterocycles. The molecule has 0 radical (unpaired) electrons. The van der Waals surface area contributed by atoms with E-state index in [0.717, 1.165) is 13.1 Å². The zero-order valence-corrected chi connectivity index (χ0v) is 12.8. The molecule has 20 heavy (non-hydrogen) atoms. The maximum Gasteiger partial charge on any atom is 0.191 e. The van der Waals surface area contributed by atoms with Gasteiger partial charge in [-0.25, -0.2) is 0 Å². The van der Waals surface area contributed by atoms with Crippen molar-refractivity contribution in [3.05, 3.63) is 35.9 Å². The monoisotopic (exact) mass is 277 g/mol. The highest BCUT2D eigenvalue weighted by Crippen LogP contribution is 2.21. The Balaban J connectivity index is 2.78. The van der Waals surface area contributed by atoms with E-state index in [1.165, 1.54) is 5.56 Å². The number of rotatable bonds is 7. The van der Waals surface area contributed by atoms with Gasteiger partial charge in [-0.3, -0.25) is 4.99 Å². The summed E-state index contributed by atoms with van der Waals surface area (Å²) in [4.78, 5) is 6.54. The molecule has 0 saturated heterocycles. The van der Waals surface area contributed by atoms with Crippen LogP contribution in [0.2, 0.25) is 0 Å². The molecule has 0 spiro atoms. The molecule has 4 heteroatoms. The van der Waals surface area contributed by atoms with Gasteiger partial charge in [-0.2, -0.15) is 0 Å². The van der Waals surface area contributed by atoms with Gasteiger partial charge in [0, 0.05) is 25.6 Å². The summed E-state index contributed by atoms with van der Waals surface area (Å²) in [6, 6.07) is 10.2. The van der Waals surface area contributed by atoms with E-state index in [1.54, 1.807) is 0 Å². The van der Waals surface area contributed by atoms with Gasteiger partial charge in [0.2, 0.25) is 0 Å². The summed E-state index contributed by atoms with van der Waals surface area (Å²) in [6.45, 7) is 8.27. The third kappa shape index (κ3) is 5.21. The number of aliphatic hydroxyl groups excluding tert-OH is 1. The molecular formula is C16H27N3O. The van der Waals surface area contributed by atoms with Gasteiger partial charge in [0.1, 0.15) is 0 Å². The summed E-state index contributed by atoms with van der Waals surface area (Å²) in [6.07, 6.45) is 0.351. The minimum Gasteiger partial charge on any atom is -0.393 e. The van der Waals surface area contributed by atoms with Crippen molar-refractivity contribution in [2.45, 2.75) is 39.2 Å². The van der Waals surface area contributed by atoms with Crippen molar-refractivity contribution in [2.24, 2.45) is 10.7 Å². The normalized spacial score (nSPS) is 14.9. The van der Waals surface area contributed by atoms with E-state index in [-0.39, 0.29) is 12.0 Å². The highest BCUT2D eigenvalue weighted by Gasteiger charge is 2.14. The van der Waals surface area contributed by atoms with Crippen LogP contribution in [0.3, 0.4) is 0 Å². The second-order valence-electron chi connectivity index (χ2n) is 5.06. The summed E-state index contributed by atoms with van der Waals surface area (Å²) in [5, 5.41) is 9.66. The van der Waals surface area contributed by atoms with Crippen LogP contribution < -0.4 is 5.73 Å². The third-order valence-electron chi connectivity index (χ3n) is 3.46. The average molecular weight is 277 g/mol. The van der Waals surface area contributed by atoms with Gasteiger partial charge < -0.3 is 15.7 Å². The molecule has 1 aromatic rings. The van der Waals surface area contributed by atoms with Crippen LogP contribution in [0.4, 0.5) is 0 Å². The average Bonchev–Trinajstić information content (AvgIpc) is 2.45. The van der Waals surface area contributed by atoms with Crippen LogP contribution in [0.1, 0.15) is 38.7 Å². The molecule has 2 unspecified atom stereocenters. The Morgan fingerprint density at radius 3 is 2.35 bits per heavy atom. The number of hydrogen-bond acceptors (Lipinski definition) is 2. The summed E-state index contributed by atoms with van der Waals surface area (Å²) in [7, 11) is 0. The van der Waals surface area contributed by atoms with Gasteiger partial charge in [-0.1, -0.05) is 30.3 Å². The predicted octanol–water partition coefficient (Wildman–Crippen LogP) is 2.20. The van der Waals surface area contributed by atoms with Gasteiger partial charge in [-0.05, 0) is 32.8 Å². The number of nitrogens with zero attached hydrogens (tertiary/aromatic N) is 2. The molecule has 0 saturated carbocycles. The van der Waals surface area contributed by atoms with E-state index in [9.17, 15) is 5.11 Å². The second kappa shape index (κ2) is 8.59. The summed E-state index contributed by atoms with van der Waals surface area (Å²) < 4.78 is 0. The Kier molecular flexibility index (Phi) is 7.09. The van der Waals surface area contributed by atoms with E-state index in [4.69, 9.17) is 5.73 Å². The lowest BCUT2D eigenvalue weighted by Gasteiger charge is -2.21. The van der Waals surface area contributed by atoms with Crippen LogP contribution in [-0.2, 0) is 0 Å². The number of aliphatic hydroxyl groups is 1. The molecule has 0 amide bonds. The zero-order valence-electron chi connectivity index (χ0n) is 12.8. The summed E-state index contributed by atoms with van der Waals surface area (Å²) in [5.74, 6) is 0.784. The molecule has 2 atom stereocenters. The SMILES string of the molecule is CCN(CC)C(N)=NCC(CC(C)O)c1ccccc1. The van der Waals surface area contributed by atoms with Crippen molar-refractivity contribution in [1.82, 2.24) is 4.90 Å². The molecule has 112 valence electrons. The number of hydrogen-bond donors (Lipinski definition) is 2. The largest absolute Gasteiger partial charge is 0.393 e. The standard InChI is InChI=1S/C16H27N3O/c1-4-19(5-2)16(17)18-12-15(11-13(3)20)14-9-7-6-8-10-14/h6-10,13,15,20H,4-5,11-12H2,1-3H3,(H2,17,18). The number of benzene rings is 1. The maximum atomic E-state index is 9.66. The second-order valence-corrected chi connectivity index (χ2v) is 5.06. The molecular weight excluding hydrogens is 250 g/mol. The fourth-order valence-electron chi connectivity index (χ4n) is 2.30. The van der Waals surface area contributed by atoms with Gasteiger partial charge >= 0.3 is 0 Å². The number of guanidine groups is 1. The fraction of sp³-hybridized carbons (Fsp3) is 0.562. The van der Waals surface area contributed by atoms with Crippen molar-refractivity contribution in [2.75, 3.05) is 19.6 Å². The van der Waals surface area contributed by atoms with Gasteiger partial charge in [0.05, 0.1) is 6.10 Å². The Labute approximate surface area is 122 Å². The van der Waals surface area contributed by atoms with Gasteiger partial charge in [0.15, 0.2) is 5.96 Å². The van der Waals surface area contributed by atoms with Crippen LogP contribution >= 0.6 is 0 Å². The van der Waals surface area contributed by atoms with Crippen LogP contribution in [0.25, 0.3) is 0 Å². The molecule has 0 bridgehead atoms. The lowest BCUT2D eigenvalue weighted by molar-refractivity contribution is 0.175. The van der Waals surface area contributed by atoms with Crippen LogP contribution in [-0.4, -0.2) is 41.7 Å². The van der Waals surface area contributed by atoms with E-state index < -0.39 is 0 Å².